The zero-order chi connectivity index (χ0) is 31.6. The normalized spacial score (nSPS) is 16.8. The number of rotatable bonds is 12. The second-order valence-electron chi connectivity index (χ2n) is 12.3. The molecule has 1 aliphatic rings. The number of methoxy groups -OCH3 is 1. The van der Waals surface area contributed by atoms with Gasteiger partial charge >= 0.3 is 6.09 Å². The van der Waals surface area contributed by atoms with Gasteiger partial charge in [0.2, 0.25) is 0 Å². The van der Waals surface area contributed by atoms with Crippen LogP contribution < -0.4 is 9.47 Å². The van der Waals surface area contributed by atoms with Crippen molar-refractivity contribution in [2.45, 2.75) is 64.4 Å². The molecule has 0 N–H and O–H groups in total. The van der Waals surface area contributed by atoms with Crippen LogP contribution in [0.2, 0.25) is 0 Å². The van der Waals surface area contributed by atoms with Crippen LogP contribution in [0, 0.1) is 0 Å². The van der Waals surface area contributed by atoms with Gasteiger partial charge in [0.05, 0.1) is 51.7 Å². The number of carbonyl (C=O) groups excluding carboxylic acids is 1. The number of fused-ring (bicyclic) bond motifs is 1. The van der Waals surface area contributed by atoms with Crippen molar-refractivity contribution >= 4 is 17.0 Å². The number of hydrogen-bond acceptors (Lipinski definition) is 7. The van der Waals surface area contributed by atoms with E-state index in [0.717, 1.165) is 51.9 Å². The van der Waals surface area contributed by atoms with E-state index in [-0.39, 0.29) is 18.1 Å². The molecule has 0 radical (unpaired) electrons. The first-order chi connectivity index (χ1) is 21.8. The SMILES string of the molecule is COc1ccccc1COCCCOc1ccc(C2CCN(C(=O)OC(C)(C)C)CC2OCc2ccc3cccnc3c2)cc1. The lowest BCUT2D eigenvalue weighted by Crippen LogP contribution is -2.48. The molecule has 0 bridgehead atoms. The summed E-state index contributed by atoms with van der Waals surface area (Å²) in [5, 5.41) is 1.09. The lowest BCUT2D eigenvalue weighted by molar-refractivity contribution is -0.0359. The molecule has 4 aromatic rings. The molecule has 3 aromatic carbocycles. The number of piperidine rings is 1. The monoisotopic (exact) mass is 612 g/mol. The fraction of sp³-hybridized carbons (Fsp3) is 0.405. The molecule has 5 rings (SSSR count). The maximum absolute atomic E-state index is 12.9. The van der Waals surface area contributed by atoms with Crippen molar-refractivity contribution < 1.29 is 28.5 Å². The molecule has 1 aliphatic heterocycles. The Hall–Kier alpha value is -4.14. The minimum Gasteiger partial charge on any atom is -0.496 e. The highest BCUT2D eigenvalue weighted by Gasteiger charge is 2.35. The van der Waals surface area contributed by atoms with Gasteiger partial charge in [-0.2, -0.15) is 0 Å². The van der Waals surface area contributed by atoms with Gasteiger partial charge in [0.15, 0.2) is 0 Å². The molecule has 2 heterocycles. The molecule has 238 valence electrons. The Morgan fingerprint density at radius 3 is 2.58 bits per heavy atom. The molecule has 1 fully saturated rings. The van der Waals surface area contributed by atoms with E-state index in [1.54, 1.807) is 18.2 Å². The highest BCUT2D eigenvalue weighted by atomic mass is 16.6. The van der Waals surface area contributed by atoms with E-state index in [9.17, 15) is 4.79 Å². The summed E-state index contributed by atoms with van der Waals surface area (Å²) in [6.45, 7) is 8.81. The zero-order valence-corrected chi connectivity index (χ0v) is 26.7. The smallest absolute Gasteiger partial charge is 0.410 e. The predicted octanol–water partition coefficient (Wildman–Crippen LogP) is 7.54. The van der Waals surface area contributed by atoms with Crippen LogP contribution in [0.3, 0.4) is 0 Å². The molecule has 1 amide bonds. The number of benzene rings is 3. The molecular weight excluding hydrogens is 568 g/mol. The second kappa shape index (κ2) is 15.2. The lowest BCUT2D eigenvalue weighted by atomic mass is 9.87. The molecule has 2 unspecified atom stereocenters. The standard InChI is InChI=1S/C37H44N2O6/c1-37(2,3)45-36(40)39-20-18-32(35(24-39)44-25-27-12-13-29-10-7-19-38-33(29)23-27)28-14-16-31(17-15-28)43-22-8-21-42-26-30-9-5-6-11-34(30)41-4/h5-7,9-17,19,23,32,35H,8,18,20-22,24-26H2,1-4H3. The third kappa shape index (κ3) is 9.19. The number of nitrogens with zero attached hydrogens (tertiary/aromatic N) is 2. The number of amides is 1. The summed E-state index contributed by atoms with van der Waals surface area (Å²) in [5.74, 6) is 1.78. The Balaban J connectivity index is 1.17. The van der Waals surface area contributed by atoms with Crippen LogP contribution in [0.15, 0.2) is 85.1 Å². The molecule has 8 heteroatoms. The van der Waals surface area contributed by atoms with Crippen LogP contribution in [0.25, 0.3) is 10.9 Å². The van der Waals surface area contributed by atoms with Crippen molar-refractivity contribution in [1.82, 2.24) is 9.88 Å². The lowest BCUT2D eigenvalue weighted by Gasteiger charge is -2.39. The van der Waals surface area contributed by atoms with Crippen molar-refractivity contribution in [3.8, 4) is 11.5 Å². The Kier molecular flexibility index (Phi) is 10.9. The van der Waals surface area contributed by atoms with Gasteiger partial charge in [-0.15, -0.1) is 0 Å². The van der Waals surface area contributed by atoms with E-state index in [1.807, 2.05) is 69.3 Å². The maximum Gasteiger partial charge on any atom is 0.410 e. The fourth-order valence-electron chi connectivity index (χ4n) is 5.53. The van der Waals surface area contributed by atoms with Crippen LogP contribution in [-0.2, 0) is 27.4 Å². The number of likely N-dealkylation sites (tertiary alicyclic amines) is 1. The molecule has 0 aliphatic carbocycles. The number of para-hydroxylation sites is 1. The summed E-state index contributed by atoms with van der Waals surface area (Å²) in [4.78, 5) is 19.2. The van der Waals surface area contributed by atoms with E-state index >= 15 is 0 Å². The van der Waals surface area contributed by atoms with Crippen molar-refractivity contribution in [2.75, 3.05) is 33.4 Å². The summed E-state index contributed by atoms with van der Waals surface area (Å²) in [5.41, 5.74) is 3.62. The highest BCUT2D eigenvalue weighted by Crippen LogP contribution is 2.33. The van der Waals surface area contributed by atoms with E-state index in [4.69, 9.17) is 23.7 Å². The average Bonchev–Trinajstić information content (AvgIpc) is 3.05. The topological polar surface area (TPSA) is 79.4 Å². The average molecular weight is 613 g/mol. The number of carbonyl (C=O) groups is 1. The largest absolute Gasteiger partial charge is 0.496 e. The van der Waals surface area contributed by atoms with Crippen LogP contribution in [0.1, 0.15) is 56.2 Å². The Bertz CT molecular complexity index is 1530. The summed E-state index contributed by atoms with van der Waals surface area (Å²) in [6, 6.07) is 26.3. The zero-order valence-electron chi connectivity index (χ0n) is 26.7. The highest BCUT2D eigenvalue weighted by molar-refractivity contribution is 5.78. The van der Waals surface area contributed by atoms with Gasteiger partial charge in [-0.05, 0) is 68.7 Å². The van der Waals surface area contributed by atoms with Gasteiger partial charge in [-0.1, -0.05) is 48.5 Å². The minimum atomic E-state index is -0.556. The first-order valence-electron chi connectivity index (χ1n) is 15.6. The third-order valence-electron chi connectivity index (χ3n) is 7.81. The maximum atomic E-state index is 12.9. The molecule has 1 saturated heterocycles. The molecule has 0 spiro atoms. The predicted molar refractivity (Wildman–Crippen MR) is 175 cm³/mol. The number of pyridine rings is 1. The Morgan fingerprint density at radius 1 is 0.956 bits per heavy atom. The van der Waals surface area contributed by atoms with Crippen molar-refractivity contribution in [3.05, 3.63) is 102 Å². The number of aromatic nitrogens is 1. The molecule has 0 saturated carbocycles. The minimum absolute atomic E-state index is 0.125. The van der Waals surface area contributed by atoms with Gasteiger partial charge in [-0.25, -0.2) is 4.79 Å². The molecule has 8 nitrogen and oxygen atoms in total. The summed E-state index contributed by atoms with van der Waals surface area (Å²) >= 11 is 0. The molecule has 1 aromatic heterocycles. The summed E-state index contributed by atoms with van der Waals surface area (Å²) in [7, 11) is 1.67. The van der Waals surface area contributed by atoms with Gasteiger partial charge < -0.3 is 28.6 Å². The third-order valence-corrected chi connectivity index (χ3v) is 7.81. The number of hydrogen-bond donors (Lipinski definition) is 0. The summed E-state index contributed by atoms with van der Waals surface area (Å²) in [6.07, 6.45) is 2.85. The molecular formula is C37H44N2O6. The van der Waals surface area contributed by atoms with E-state index < -0.39 is 5.60 Å². The molecule has 45 heavy (non-hydrogen) atoms. The van der Waals surface area contributed by atoms with E-state index in [0.29, 0.717) is 39.5 Å². The van der Waals surface area contributed by atoms with Gasteiger partial charge in [0.25, 0.3) is 0 Å². The fourth-order valence-corrected chi connectivity index (χ4v) is 5.53. The summed E-state index contributed by atoms with van der Waals surface area (Å²) < 4.78 is 29.4. The van der Waals surface area contributed by atoms with E-state index in [1.165, 1.54) is 0 Å². The van der Waals surface area contributed by atoms with Gasteiger partial charge in [0.1, 0.15) is 17.1 Å². The van der Waals surface area contributed by atoms with Crippen molar-refractivity contribution in [2.24, 2.45) is 0 Å². The van der Waals surface area contributed by atoms with Crippen molar-refractivity contribution in [3.63, 3.8) is 0 Å². The van der Waals surface area contributed by atoms with Crippen molar-refractivity contribution in [1.29, 1.82) is 0 Å². The Labute approximate surface area is 266 Å². The van der Waals surface area contributed by atoms with Crippen LogP contribution in [0.4, 0.5) is 4.79 Å². The van der Waals surface area contributed by atoms with Gasteiger partial charge in [-0.3, -0.25) is 4.98 Å². The van der Waals surface area contributed by atoms with Gasteiger partial charge in [0, 0.05) is 36.0 Å². The van der Waals surface area contributed by atoms with Crippen LogP contribution in [-0.4, -0.2) is 61.1 Å². The second-order valence-corrected chi connectivity index (χ2v) is 12.3. The Morgan fingerprint density at radius 2 is 1.78 bits per heavy atom. The van der Waals surface area contributed by atoms with Crippen LogP contribution in [0.5, 0.6) is 11.5 Å². The quantitative estimate of drug-likeness (QED) is 0.153. The van der Waals surface area contributed by atoms with Crippen LogP contribution >= 0.6 is 0 Å². The molecule has 2 atom stereocenters. The van der Waals surface area contributed by atoms with E-state index in [2.05, 4.69) is 35.3 Å². The number of ether oxygens (including phenoxy) is 5. The first-order valence-corrected chi connectivity index (χ1v) is 15.6. The first kappa shape index (κ1) is 32.3.